The quantitative estimate of drug-likeness (QED) is 0.187. The number of pyridine rings is 1. The summed E-state index contributed by atoms with van der Waals surface area (Å²) in [5.41, 5.74) is 6.04. The highest BCUT2D eigenvalue weighted by molar-refractivity contribution is 7.88. The van der Waals surface area contributed by atoms with Gasteiger partial charge in [-0.2, -0.15) is 17.5 Å². The van der Waals surface area contributed by atoms with E-state index in [4.69, 9.17) is 5.84 Å². The minimum absolute atomic E-state index is 0.0141. The lowest BCUT2D eigenvalue weighted by atomic mass is 10.1. The van der Waals surface area contributed by atoms with Gasteiger partial charge in [0.2, 0.25) is 10.0 Å². The number of rotatable bonds is 9. The number of amides is 1. The van der Waals surface area contributed by atoms with E-state index in [0.717, 1.165) is 16.6 Å². The van der Waals surface area contributed by atoms with Crippen LogP contribution in [0.25, 0.3) is 0 Å². The van der Waals surface area contributed by atoms with Crippen LogP contribution in [0.5, 0.6) is 0 Å². The van der Waals surface area contributed by atoms with Crippen LogP contribution in [0.4, 0.5) is 17.6 Å². The molecule has 0 fully saturated rings. The minimum atomic E-state index is -5.12. The van der Waals surface area contributed by atoms with E-state index in [1.807, 2.05) is 5.43 Å². The van der Waals surface area contributed by atoms with Crippen LogP contribution in [0.15, 0.2) is 42.6 Å². The normalized spacial score (nSPS) is 13.3. The predicted molar refractivity (Wildman–Crippen MR) is 102 cm³/mol. The Balaban J connectivity index is 2.16. The van der Waals surface area contributed by atoms with Crippen molar-refractivity contribution < 1.29 is 30.8 Å². The molecule has 1 unspecified atom stereocenters. The first kappa shape index (κ1) is 24.6. The molecule has 1 aromatic carbocycles. The predicted octanol–water partition coefficient (Wildman–Crippen LogP) is 0.827. The van der Waals surface area contributed by atoms with Gasteiger partial charge in [0.15, 0.2) is 0 Å². The number of carbonyl (C=O) groups excluding carboxylic acids is 1. The molecule has 31 heavy (non-hydrogen) atoms. The maximum absolute atomic E-state index is 14.6. The van der Waals surface area contributed by atoms with Gasteiger partial charge in [-0.25, -0.2) is 23.7 Å². The molecule has 5 N–H and O–H groups in total. The van der Waals surface area contributed by atoms with Gasteiger partial charge in [0.25, 0.3) is 0 Å². The zero-order valence-electron chi connectivity index (χ0n) is 16.1. The van der Waals surface area contributed by atoms with Gasteiger partial charge in [0.1, 0.15) is 12.0 Å². The minimum Gasteiger partial charge on any atom is -0.282 e. The Morgan fingerprint density at radius 2 is 1.94 bits per heavy atom. The number of aromatic nitrogens is 1. The lowest BCUT2D eigenvalue weighted by molar-refractivity contribution is -0.175. The summed E-state index contributed by atoms with van der Waals surface area (Å²) in [4.78, 5) is 14.9. The molecule has 0 spiro atoms. The number of hydrazine groups is 2. The fourth-order valence-electron chi connectivity index (χ4n) is 2.45. The molecule has 1 amide bonds. The molecule has 0 bridgehead atoms. The maximum Gasteiger partial charge on any atom is 0.472 e. The number of alkyl halides is 3. The molecule has 0 radical (unpaired) electrons. The molecular formula is C17H20F4N6O3S. The molecule has 1 aromatic heterocycles. The van der Waals surface area contributed by atoms with Gasteiger partial charge in [0, 0.05) is 18.3 Å². The van der Waals surface area contributed by atoms with Crippen LogP contribution in [-0.4, -0.2) is 36.0 Å². The first-order valence-electron chi connectivity index (χ1n) is 8.64. The molecule has 1 heterocycles. The number of benzene rings is 1. The van der Waals surface area contributed by atoms with E-state index >= 15 is 0 Å². The summed E-state index contributed by atoms with van der Waals surface area (Å²) in [6.07, 6.45) is -3.90. The van der Waals surface area contributed by atoms with E-state index in [9.17, 15) is 30.8 Å². The lowest BCUT2D eigenvalue weighted by Crippen LogP contribution is -2.51. The average molecular weight is 464 g/mol. The average Bonchev–Trinajstić information content (AvgIpc) is 2.68. The van der Waals surface area contributed by atoms with Crippen LogP contribution in [0.1, 0.15) is 23.0 Å². The molecular weight excluding hydrogens is 444 g/mol. The highest BCUT2D eigenvalue weighted by atomic mass is 32.2. The van der Waals surface area contributed by atoms with E-state index in [1.54, 1.807) is 18.2 Å². The first-order chi connectivity index (χ1) is 14.4. The number of nitrogens with zero attached hydrogens (tertiary/aromatic N) is 2. The Kier molecular flexibility index (Phi) is 8.02. The molecule has 9 nitrogen and oxygen atoms in total. The standard InChI is InChI=1S/C17H20F4N6O3S/c1-31(29,30)27(10-13-4-2-3-7-23-13)9-12-6-5-11(8-14(12)18)15(24-22)25-26-16(28)17(19,20)21/h2-8,15,24-25H,9-10,22H2,1H3,(H,26,28). The fraction of sp³-hybridized carbons (Fsp3) is 0.294. The second kappa shape index (κ2) is 10.1. The summed E-state index contributed by atoms with van der Waals surface area (Å²) < 4.78 is 76.7. The van der Waals surface area contributed by atoms with Gasteiger partial charge in [-0.3, -0.25) is 21.0 Å². The van der Waals surface area contributed by atoms with Gasteiger partial charge in [-0.15, -0.1) is 0 Å². The smallest absolute Gasteiger partial charge is 0.282 e. The molecule has 0 saturated heterocycles. The van der Waals surface area contributed by atoms with E-state index in [1.165, 1.54) is 23.8 Å². The molecule has 170 valence electrons. The number of carbonyl (C=O) groups is 1. The number of halogens is 4. The van der Waals surface area contributed by atoms with E-state index in [2.05, 4.69) is 10.4 Å². The molecule has 2 rings (SSSR count). The van der Waals surface area contributed by atoms with Gasteiger partial charge in [-0.1, -0.05) is 18.2 Å². The second-order valence-electron chi connectivity index (χ2n) is 6.40. The van der Waals surface area contributed by atoms with Crippen molar-refractivity contribution in [2.75, 3.05) is 6.26 Å². The van der Waals surface area contributed by atoms with Crippen LogP contribution in [0.2, 0.25) is 0 Å². The van der Waals surface area contributed by atoms with Crippen molar-refractivity contribution in [2.24, 2.45) is 5.84 Å². The van der Waals surface area contributed by atoms with Crippen molar-refractivity contribution in [3.05, 3.63) is 65.2 Å². The van der Waals surface area contributed by atoms with Crippen molar-refractivity contribution >= 4 is 15.9 Å². The number of sulfonamides is 1. The zero-order chi connectivity index (χ0) is 23.2. The van der Waals surface area contributed by atoms with E-state index in [-0.39, 0.29) is 24.2 Å². The van der Waals surface area contributed by atoms with Crippen LogP contribution in [0, 0.1) is 5.82 Å². The number of hydrogen-bond acceptors (Lipinski definition) is 7. The molecule has 2 aromatic rings. The van der Waals surface area contributed by atoms with Crippen molar-refractivity contribution in [3.8, 4) is 0 Å². The van der Waals surface area contributed by atoms with E-state index in [0.29, 0.717) is 5.69 Å². The Bertz CT molecular complexity index is 1000. The molecule has 0 aliphatic rings. The Morgan fingerprint density at radius 1 is 1.23 bits per heavy atom. The summed E-state index contributed by atoms with van der Waals surface area (Å²) >= 11 is 0. The third kappa shape index (κ3) is 7.22. The highest BCUT2D eigenvalue weighted by Crippen LogP contribution is 2.19. The van der Waals surface area contributed by atoms with Crippen molar-refractivity contribution in [2.45, 2.75) is 25.4 Å². The fourth-order valence-corrected chi connectivity index (χ4v) is 3.19. The summed E-state index contributed by atoms with van der Waals surface area (Å²) in [5, 5.41) is 0. The maximum atomic E-state index is 14.6. The van der Waals surface area contributed by atoms with Crippen molar-refractivity contribution in [1.82, 2.24) is 25.6 Å². The van der Waals surface area contributed by atoms with Crippen molar-refractivity contribution in [3.63, 3.8) is 0 Å². The largest absolute Gasteiger partial charge is 0.472 e. The van der Waals surface area contributed by atoms with Crippen LogP contribution < -0.4 is 22.1 Å². The SMILES string of the molecule is CS(=O)(=O)N(Cc1ccccn1)Cc1ccc(C(NN)NNC(=O)C(F)(F)F)cc1F. The summed E-state index contributed by atoms with van der Waals surface area (Å²) in [5.74, 6) is 2.17. The number of nitrogens with two attached hydrogens (primary N) is 1. The third-order valence-electron chi connectivity index (χ3n) is 4.04. The topological polar surface area (TPSA) is 129 Å². The summed E-state index contributed by atoms with van der Waals surface area (Å²) in [6.45, 7) is -0.390. The molecule has 1 atom stereocenters. The zero-order valence-corrected chi connectivity index (χ0v) is 17.0. The van der Waals surface area contributed by atoms with Crippen LogP contribution >= 0.6 is 0 Å². The molecule has 0 aliphatic heterocycles. The van der Waals surface area contributed by atoms with Gasteiger partial charge >= 0.3 is 12.1 Å². The second-order valence-corrected chi connectivity index (χ2v) is 8.38. The lowest BCUT2D eigenvalue weighted by Gasteiger charge is -2.22. The molecule has 0 aliphatic carbocycles. The van der Waals surface area contributed by atoms with Gasteiger partial charge in [0.05, 0.1) is 18.5 Å². The van der Waals surface area contributed by atoms with Crippen LogP contribution in [0.3, 0.4) is 0 Å². The monoisotopic (exact) mass is 464 g/mol. The Hall–Kier alpha value is -2.65. The molecule has 0 saturated carbocycles. The first-order valence-corrected chi connectivity index (χ1v) is 10.5. The summed E-state index contributed by atoms with van der Waals surface area (Å²) in [7, 11) is -3.71. The van der Waals surface area contributed by atoms with E-state index < -0.39 is 34.1 Å². The van der Waals surface area contributed by atoms with Gasteiger partial charge < -0.3 is 0 Å². The van der Waals surface area contributed by atoms with Crippen molar-refractivity contribution in [1.29, 1.82) is 0 Å². The van der Waals surface area contributed by atoms with Crippen LogP contribution in [-0.2, 0) is 27.9 Å². The van der Waals surface area contributed by atoms with Gasteiger partial charge in [-0.05, 0) is 23.8 Å². The highest BCUT2D eigenvalue weighted by Gasteiger charge is 2.39. The Morgan fingerprint density at radius 3 is 2.45 bits per heavy atom. The summed E-state index contributed by atoms with van der Waals surface area (Å²) in [6, 6.07) is 8.50. The number of nitrogens with one attached hydrogen (secondary N) is 3. The third-order valence-corrected chi connectivity index (χ3v) is 5.24. The Labute approximate surface area is 175 Å². The number of hydrogen-bond donors (Lipinski definition) is 4. The molecule has 14 heteroatoms.